The number of fused-ring (bicyclic) bond motifs is 1. The number of hydrogen-bond acceptors (Lipinski definition) is 5. The number of nitrogens with one attached hydrogen (secondary N) is 2. The van der Waals surface area contributed by atoms with Crippen molar-refractivity contribution in [1.82, 2.24) is 25.2 Å². The average Bonchev–Trinajstić information content (AvgIpc) is 3.49. The second-order valence-electron chi connectivity index (χ2n) is 9.96. The topological polar surface area (TPSA) is 100 Å². The minimum atomic E-state index is -4.54. The fraction of sp³-hybridized carbons (Fsp3) is 0.462. The molecule has 2 atom stereocenters. The van der Waals surface area contributed by atoms with E-state index in [0.29, 0.717) is 53.5 Å². The van der Waals surface area contributed by atoms with Crippen LogP contribution in [0, 0.1) is 12.8 Å². The zero-order valence-corrected chi connectivity index (χ0v) is 20.8. The van der Waals surface area contributed by atoms with Gasteiger partial charge in [0.25, 0.3) is 5.91 Å². The summed E-state index contributed by atoms with van der Waals surface area (Å²) in [7, 11) is 0. The Balaban J connectivity index is 1.51. The molecule has 37 heavy (non-hydrogen) atoms. The van der Waals surface area contributed by atoms with Crippen molar-refractivity contribution in [2.75, 3.05) is 13.2 Å². The van der Waals surface area contributed by atoms with E-state index in [-0.39, 0.29) is 35.2 Å². The maximum atomic E-state index is 13.6. The van der Waals surface area contributed by atoms with E-state index in [0.717, 1.165) is 25.0 Å². The maximum Gasteiger partial charge on any atom is 0.416 e. The fourth-order valence-electron chi connectivity index (χ4n) is 4.94. The van der Waals surface area contributed by atoms with Gasteiger partial charge in [0.15, 0.2) is 0 Å². The number of benzene rings is 1. The predicted octanol–water partition coefficient (Wildman–Crippen LogP) is 4.48. The minimum absolute atomic E-state index is 0.00997. The summed E-state index contributed by atoms with van der Waals surface area (Å²) in [6.45, 7) is 5.97. The molecule has 11 heteroatoms. The lowest BCUT2D eigenvalue weighted by molar-refractivity contribution is -0.137. The van der Waals surface area contributed by atoms with Crippen LogP contribution in [0.3, 0.4) is 0 Å². The van der Waals surface area contributed by atoms with Gasteiger partial charge in [0, 0.05) is 36.8 Å². The summed E-state index contributed by atoms with van der Waals surface area (Å²) in [5, 5.41) is 2.98. The maximum absolute atomic E-state index is 13.6. The third-order valence-electron chi connectivity index (χ3n) is 7.05. The highest BCUT2D eigenvalue weighted by Gasteiger charge is 2.34. The molecule has 1 aliphatic carbocycles. The molecular weight excluding hydrogens is 487 g/mol. The number of carbonyl (C=O) groups excluding carboxylic acids is 2. The number of aromatic amines is 1. The van der Waals surface area contributed by atoms with Crippen LogP contribution in [0.25, 0.3) is 22.3 Å². The summed E-state index contributed by atoms with van der Waals surface area (Å²) in [5.74, 6) is 0.277. The molecule has 2 amide bonds. The van der Waals surface area contributed by atoms with Crippen molar-refractivity contribution in [1.29, 1.82) is 0 Å². The number of likely N-dealkylation sites (tertiary alicyclic amines) is 1. The lowest BCUT2D eigenvalue weighted by Gasteiger charge is -2.18. The lowest BCUT2D eigenvalue weighted by atomic mass is 10.0. The third-order valence-corrected chi connectivity index (χ3v) is 7.05. The Morgan fingerprint density at radius 1 is 1.24 bits per heavy atom. The third kappa shape index (κ3) is 4.99. The Kier molecular flexibility index (Phi) is 6.33. The second-order valence-corrected chi connectivity index (χ2v) is 9.96. The Hall–Kier alpha value is -3.63. The SMILES string of the molecule is CC(=O)N1C[C@H](NC(=O)c2c(C)[nH]c3c(-c4cc(C(F)(F)F)ccc4OCC4CC4)ncnc23)C[C@H]1C. The van der Waals surface area contributed by atoms with Crippen LogP contribution in [0.1, 0.15) is 54.7 Å². The first-order chi connectivity index (χ1) is 17.5. The quantitative estimate of drug-likeness (QED) is 0.504. The number of amides is 2. The highest BCUT2D eigenvalue weighted by molar-refractivity contribution is 6.09. The lowest BCUT2D eigenvalue weighted by Crippen LogP contribution is -2.38. The molecule has 0 unspecified atom stereocenters. The first-order valence-electron chi connectivity index (χ1n) is 12.3. The van der Waals surface area contributed by atoms with E-state index in [1.165, 1.54) is 19.3 Å². The summed E-state index contributed by atoms with van der Waals surface area (Å²) in [4.78, 5) is 38.5. The molecule has 0 spiro atoms. The summed E-state index contributed by atoms with van der Waals surface area (Å²) in [5.41, 5.74) is 1.04. The molecule has 0 radical (unpaired) electrons. The molecule has 8 nitrogen and oxygen atoms in total. The number of halogens is 3. The van der Waals surface area contributed by atoms with Gasteiger partial charge in [0.05, 0.1) is 23.3 Å². The van der Waals surface area contributed by atoms with Crippen molar-refractivity contribution < 1.29 is 27.5 Å². The zero-order valence-electron chi connectivity index (χ0n) is 20.8. The van der Waals surface area contributed by atoms with Gasteiger partial charge in [-0.25, -0.2) is 9.97 Å². The Bertz CT molecular complexity index is 1370. The predicted molar refractivity (Wildman–Crippen MR) is 130 cm³/mol. The van der Waals surface area contributed by atoms with Crippen LogP contribution in [-0.2, 0) is 11.0 Å². The van der Waals surface area contributed by atoms with E-state index in [2.05, 4.69) is 20.3 Å². The van der Waals surface area contributed by atoms with Gasteiger partial charge in [-0.05, 0) is 57.2 Å². The van der Waals surface area contributed by atoms with Crippen molar-refractivity contribution in [2.45, 2.75) is 58.3 Å². The first-order valence-corrected chi connectivity index (χ1v) is 12.3. The largest absolute Gasteiger partial charge is 0.493 e. The molecule has 1 aromatic carbocycles. The molecule has 2 fully saturated rings. The Labute approximate surface area is 211 Å². The number of aryl methyl sites for hydroxylation is 1. The van der Waals surface area contributed by atoms with Crippen molar-refractivity contribution in [3.05, 3.63) is 41.3 Å². The number of hydrogen-bond donors (Lipinski definition) is 2. The number of alkyl halides is 3. The standard InChI is InChI=1S/C26H28F3N5O3/c1-13-8-18(10-34(13)15(3)35)33-25(36)21-14(2)32-24-22(30-12-31-23(21)24)19-9-17(26(27,28)29)6-7-20(19)37-11-16-4-5-16/h6-7,9,12-13,16,18,32H,4-5,8,10-11H2,1-3H3,(H,33,36)/t13-,18-/m1/s1. The van der Waals surface area contributed by atoms with Gasteiger partial charge in [-0.3, -0.25) is 9.59 Å². The van der Waals surface area contributed by atoms with E-state index in [4.69, 9.17) is 4.74 Å². The molecule has 2 aromatic heterocycles. The minimum Gasteiger partial charge on any atom is -0.493 e. The van der Waals surface area contributed by atoms with Crippen molar-refractivity contribution in [3.63, 3.8) is 0 Å². The molecule has 3 heterocycles. The molecule has 0 bridgehead atoms. The smallest absolute Gasteiger partial charge is 0.416 e. The molecule has 1 aliphatic heterocycles. The highest BCUT2D eigenvalue weighted by atomic mass is 19.4. The second kappa shape index (κ2) is 9.35. The van der Waals surface area contributed by atoms with E-state index < -0.39 is 11.7 Å². The normalized spacial score (nSPS) is 19.9. The molecule has 1 saturated heterocycles. The summed E-state index contributed by atoms with van der Waals surface area (Å²) < 4.78 is 46.6. The van der Waals surface area contributed by atoms with E-state index >= 15 is 0 Å². The number of rotatable bonds is 6. The van der Waals surface area contributed by atoms with Crippen molar-refractivity contribution in [2.24, 2.45) is 5.92 Å². The fourth-order valence-corrected chi connectivity index (χ4v) is 4.94. The van der Waals surface area contributed by atoms with Crippen LogP contribution in [0.5, 0.6) is 5.75 Å². The zero-order chi connectivity index (χ0) is 26.5. The summed E-state index contributed by atoms with van der Waals surface area (Å²) >= 11 is 0. The van der Waals surface area contributed by atoms with Crippen LogP contribution >= 0.6 is 0 Å². The molecule has 3 aromatic rings. The van der Waals surface area contributed by atoms with E-state index in [9.17, 15) is 22.8 Å². The number of nitrogens with zero attached hydrogens (tertiary/aromatic N) is 3. The van der Waals surface area contributed by atoms with Gasteiger partial charge >= 0.3 is 6.18 Å². The van der Waals surface area contributed by atoms with Gasteiger partial charge in [-0.1, -0.05) is 0 Å². The van der Waals surface area contributed by atoms with Crippen molar-refractivity contribution in [3.8, 4) is 17.0 Å². The highest BCUT2D eigenvalue weighted by Crippen LogP contribution is 2.40. The van der Waals surface area contributed by atoms with Crippen LogP contribution in [0.4, 0.5) is 13.2 Å². The van der Waals surface area contributed by atoms with Crippen LogP contribution in [0.2, 0.25) is 0 Å². The van der Waals surface area contributed by atoms with Gasteiger partial charge in [0.1, 0.15) is 23.3 Å². The molecule has 196 valence electrons. The molecule has 2 aliphatic rings. The number of ether oxygens (including phenoxy) is 1. The molecular formula is C26H28F3N5O3. The van der Waals surface area contributed by atoms with Crippen LogP contribution in [0.15, 0.2) is 24.5 Å². The van der Waals surface area contributed by atoms with E-state index in [1.807, 2.05) is 6.92 Å². The first kappa shape index (κ1) is 25.0. The number of aromatic nitrogens is 3. The molecule has 1 saturated carbocycles. The van der Waals surface area contributed by atoms with E-state index in [1.54, 1.807) is 11.8 Å². The van der Waals surface area contributed by atoms with Crippen LogP contribution < -0.4 is 10.1 Å². The Morgan fingerprint density at radius 3 is 2.65 bits per heavy atom. The molecule has 2 N–H and O–H groups in total. The average molecular weight is 516 g/mol. The van der Waals surface area contributed by atoms with Gasteiger partial charge in [-0.15, -0.1) is 0 Å². The monoisotopic (exact) mass is 515 g/mol. The summed E-state index contributed by atoms with van der Waals surface area (Å²) in [6.07, 6.45) is -0.614. The number of H-pyrrole nitrogens is 1. The number of carbonyl (C=O) groups is 2. The van der Waals surface area contributed by atoms with Gasteiger partial charge in [0.2, 0.25) is 5.91 Å². The van der Waals surface area contributed by atoms with Gasteiger partial charge in [-0.2, -0.15) is 13.2 Å². The summed E-state index contributed by atoms with van der Waals surface area (Å²) in [6, 6.07) is 3.13. The van der Waals surface area contributed by atoms with Crippen molar-refractivity contribution >= 4 is 22.8 Å². The van der Waals surface area contributed by atoms with Gasteiger partial charge < -0.3 is 19.9 Å². The Morgan fingerprint density at radius 2 is 2.00 bits per heavy atom. The molecule has 5 rings (SSSR count). The van der Waals surface area contributed by atoms with Crippen LogP contribution in [-0.4, -0.2) is 56.9 Å².